The van der Waals surface area contributed by atoms with Crippen LogP contribution in [0.3, 0.4) is 0 Å². The molecule has 1 rings (SSSR count). The van der Waals surface area contributed by atoms with Gasteiger partial charge in [0.25, 0.3) is 0 Å². The molecule has 0 unspecified atom stereocenters. The number of nitrogens with zero attached hydrogens (tertiary/aromatic N) is 1. The van der Waals surface area contributed by atoms with Crippen molar-refractivity contribution in [3.63, 3.8) is 0 Å². The molecule has 86 valence electrons. The molecule has 0 spiro atoms. The normalized spacial score (nSPS) is 31.4. The third kappa shape index (κ3) is 3.08. The van der Waals surface area contributed by atoms with Crippen LogP contribution in [0.2, 0.25) is 0 Å². The van der Waals surface area contributed by atoms with Crippen LogP contribution in [0.1, 0.15) is 40.0 Å². The molecular weight excluding hydrogens is 186 g/mol. The van der Waals surface area contributed by atoms with Crippen molar-refractivity contribution in [3.05, 3.63) is 12.7 Å². The Kier molecular flexibility index (Phi) is 4.37. The largest absolute Gasteiger partial charge is 0.339 e. The first-order valence-electron chi connectivity index (χ1n) is 5.96. The van der Waals surface area contributed by atoms with Crippen molar-refractivity contribution >= 4 is 5.91 Å². The van der Waals surface area contributed by atoms with Crippen LogP contribution in [-0.4, -0.2) is 23.4 Å². The van der Waals surface area contributed by atoms with E-state index in [1.165, 1.54) is 6.42 Å². The molecule has 1 amide bonds. The molecule has 0 bridgehead atoms. The zero-order valence-corrected chi connectivity index (χ0v) is 10.2. The summed E-state index contributed by atoms with van der Waals surface area (Å²) in [7, 11) is 0. The molecule has 2 nitrogen and oxygen atoms in total. The minimum absolute atomic E-state index is 0.292. The van der Waals surface area contributed by atoms with E-state index in [2.05, 4.69) is 32.3 Å². The number of allylic oxidation sites excluding steroid dienone is 1. The van der Waals surface area contributed by atoms with Crippen molar-refractivity contribution < 1.29 is 4.79 Å². The van der Waals surface area contributed by atoms with E-state index >= 15 is 0 Å². The van der Waals surface area contributed by atoms with Crippen molar-refractivity contribution in [2.24, 2.45) is 11.8 Å². The average Bonchev–Trinajstić information content (AvgIpc) is 2.19. The van der Waals surface area contributed by atoms with Crippen LogP contribution < -0.4 is 0 Å². The van der Waals surface area contributed by atoms with Crippen LogP contribution in [0.4, 0.5) is 0 Å². The molecule has 1 aliphatic heterocycles. The molecule has 0 aliphatic carbocycles. The van der Waals surface area contributed by atoms with Gasteiger partial charge in [0.05, 0.1) is 0 Å². The molecule has 1 saturated heterocycles. The summed E-state index contributed by atoms with van der Waals surface area (Å²) in [6.07, 6.45) is 4.48. The third-order valence-corrected chi connectivity index (χ3v) is 3.48. The summed E-state index contributed by atoms with van der Waals surface area (Å²) in [5, 5.41) is 0. The molecule has 1 fully saturated rings. The Hall–Kier alpha value is -0.790. The summed E-state index contributed by atoms with van der Waals surface area (Å²) in [6.45, 7) is 11.2. The quantitative estimate of drug-likeness (QED) is 0.654. The summed E-state index contributed by atoms with van der Waals surface area (Å²) in [5.41, 5.74) is 0. The Morgan fingerprint density at radius 3 is 2.73 bits per heavy atom. The van der Waals surface area contributed by atoms with Gasteiger partial charge in [0, 0.05) is 19.0 Å². The van der Waals surface area contributed by atoms with Crippen molar-refractivity contribution in [3.8, 4) is 0 Å². The van der Waals surface area contributed by atoms with Gasteiger partial charge in [-0.3, -0.25) is 4.79 Å². The van der Waals surface area contributed by atoms with Crippen LogP contribution in [0, 0.1) is 11.8 Å². The lowest BCUT2D eigenvalue weighted by Gasteiger charge is -2.41. The highest BCUT2D eigenvalue weighted by Gasteiger charge is 2.31. The minimum atomic E-state index is 0.292. The van der Waals surface area contributed by atoms with Crippen LogP contribution in [0.25, 0.3) is 0 Å². The maximum Gasteiger partial charge on any atom is 0.223 e. The van der Waals surface area contributed by atoms with E-state index in [0.717, 1.165) is 13.0 Å². The first kappa shape index (κ1) is 12.3. The Morgan fingerprint density at radius 1 is 1.47 bits per heavy atom. The predicted molar refractivity (Wildman–Crippen MR) is 63.6 cm³/mol. The van der Waals surface area contributed by atoms with E-state index < -0.39 is 0 Å². The monoisotopic (exact) mass is 209 g/mol. The Bertz CT molecular complexity index is 237. The minimum Gasteiger partial charge on any atom is -0.339 e. The van der Waals surface area contributed by atoms with Gasteiger partial charge < -0.3 is 4.90 Å². The number of carbonyl (C=O) groups excluding carboxylic acids is 1. The van der Waals surface area contributed by atoms with Gasteiger partial charge in [-0.15, -0.1) is 6.58 Å². The summed E-state index contributed by atoms with van der Waals surface area (Å²) in [6, 6.07) is 0.401. The Balaban J connectivity index is 2.57. The maximum atomic E-state index is 11.9. The molecule has 0 aromatic heterocycles. The lowest BCUT2D eigenvalue weighted by atomic mass is 9.86. The highest BCUT2D eigenvalue weighted by molar-refractivity contribution is 5.76. The van der Waals surface area contributed by atoms with E-state index in [-0.39, 0.29) is 0 Å². The zero-order chi connectivity index (χ0) is 11.4. The smallest absolute Gasteiger partial charge is 0.223 e. The topological polar surface area (TPSA) is 20.3 Å². The van der Waals surface area contributed by atoms with Crippen molar-refractivity contribution in [1.29, 1.82) is 0 Å². The van der Waals surface area contributed by atoms with Crippen LogP contribution in [-0.2, 0) is 4.79 Å². The van der Waals surface area contributed by atoms with Gasteiger partial charge in [-0.05, 0) is 31.6 Å². The molecule has 0 N–H and O–H groups in total. The summed E-state index contributed by atoms with van der Waals surface area (Å²) < 4.78 is 0. The number of piperidine rings is 1. The Morgan fingerprint density at radius 2 is 2.13 bits per heavy atom. The van der Waals surface area contributed by atoms with Gasteiger partial charge in [-0.2, -0.15) is 0 Å². The fourth-order valence-corrected chi connectivity index (χ4v) is 2.41. The van der Waals surface area contributed by atoms with E-state index in [1.807, 2.05) is 6.08 Å². The predicted octanol–water partition coefficient (Wildman–Crippen LogP) is 2.85. The van der Waals surface area contributed by atoms with Gasteiger partial charge in [0.1, 0.15) is 0 Å². The first-order chi connectivity index (χ1) is 7.06. The van der Waals surface area contributed by atoms with Crippen LogP contribution >= 0.6 is 0 Å². The lowest BCUT2D eigenvalue weighted by molar-refractivity contribution is -0.136. The number of hydrogen-bond donors (Lipinski definition) is 0. The molecule has 2 heteroatoms. The van der Waals surface area contributed by atoms with Crippen molar-refractivity contribution in [1.82, 2.24) is 4.90 Å². The molecule has 0 aromatic carbocycles. The lowest BCUT2D eigenvalue weighted by Crippen LogP contribution is -2.48. The van der Waals surface area contributed by atoms with Gasteiger partial charge >= 0.3 is 0 Å². The van der Waals surface area contributed by atoms with Gasteiger partial charge in [-0.1, -0.05) is 19.9 Å². The number of amides is 1. The second-order valence-electron chi connectivity index (χ2n) is 4.93. The van der Waals surface area contributed by atoms with E-state index in [0.29, 0.717) is 30.2 Å². The summed E-state index contributed by atoms with van der Waals surface area (Å²) in [4.78, 5) is 14.0. The van der Waals surface area contributed by atoms with E-state index in [9.17, 15) is 4.79 Å². The molecule has 1 aliphatic rings. The van der Waals surface area contributed by atoms with Crippen molar-refractivity contribution in [2.45, 2.75) is 46.1 Å². The second kappa shape index (κ2) is 5.34. The molecular formula is C13H23NO. The van der Waals surface area contributed by atoms with Gasteiger partial charge in [0.2, 0.25) is 5.91 Å². The second-order valence-corrected chi connectivity index (χ2v) is 4.93. The zero-order valence-electron chi connectivity index (χ0n) is 10.2. The molecule has 0 saturated carbocycles. The third-order valence-electron chi connectivity index (χ3n) is 3.48. The standard InChI is InChI=1S/C13H23NO/c1-5-6-7-13(15)14-9-10(2)8-11(3)12(14)4/h5,10-12H,1,6-9H2,2-4H3/t10-,11+,12+/m1/s1. The number of hydrogen-bond acceptors (Lipinski definition) is 1. The summed E-state index contributed by atoms with van der Waals surface area (Å²) >= 11 is 0. The fraction of sp³-hybridized carbons (Fsp3) is 0.769. The van der Waals surface area contributed by atoms with Crippen LogP contribution in [0.5, 0.6) is 0 Å². The van der Waals surface area contributed by atoms with Crippen LogP contribution in [0.15, 0.2) is 12.7 Å². The van der Waals surface area contributed by atoms with E-state index in [4.69, 9.17) is 0 Å². The SMILES string of the molecule is C=CCCC(=O)N1C[C@H](C)C[C@H](C)[C@@H]1C. The average molecular weight is 209 g/mol. The first-order valence-corrected chi connectivity index (χ1v) is 5.96. The molecule has 15 heavy (non-hydrogen) atoms. The molecule has 1 heterocycles. The summed E-state index contributed by atoms with van der Waals surface area (Å²) in [5.74, 6) is 1.56. The van der Waals surface area contributed by atoms with E-state index in [1.54, 1.807) is 0 Å². The Labute approximate surface area is 93.3 Å². The molecule has 3 atom stereocenters. The number of rotatable bonds is 3. The van der Waals surface area contributed by atoms with Crippen molar-refractivity contribution in [2.75, 3.05) is 6.54 Å². The fourth-order valence-electron chi connectivity index (χ4n) is 2.41. The molecule has 0 aromatic rings. The number of carbonyl (C=O) groups is 1. The molecule has 0 radical (unpaired) electrons. The highest BCUT2D eigenvalue weighted by Crippen LogP contribution is 2.27. The number of likely N-dealkylation sites (tertiary alicyclic amines) is 1. The van der Waals surface area contributed by atoms with Gasteiger partial charge in [-0.25, -0.2) is 0 Å². The van der Waals surface area contributed by atoms with Gasteiger partial charge in [0.15, 0.2) is 0 Å². The highest BCUT2D eigenvalue weighted by atomic mass is 16.2. The maximum absolute atomic E-state index is 11.9.